The van der Waals surface area contributed by atoms with E-state index in [9.17, 15) is 28.2 Å². The van der Waals surface area contributed by atoms with Crippen LogP contribution in [0.15, 0.2) is 18.5 Å². The molecule has 6 nitrogen and oxygen atoms in total. The molecule has 2 unspecified atom stereocenters. The van der Waals surface area contributed by atoms with Gasteiger partial charge in [0.1, 0.15) is 17.8 Å². The number of ether oxygens (including phenoxy) is 1. The fourth-order valence-electron chi connectivity index (χ4n) is 1.72. The molecule has 2 atom stereocenters. The second-order valence-corrected chi connectivity index (χ2v) is 5.86. The van der Waals surface area contributed by atoms with Crippen LogP contribution < -0.4 is 5.32 Å². The van der Waals surface area contributed by atoms with Gasteiger partial charge in [0.05, 0.1) is 5.56 Å². The molecule has 1 amide bonds. The highest BCUT2D eigenvalue weighted by atomic mass is 19.4. The SMILES string of the molecule is CC(C)(C)OC(=O)NCC(O)C(O)c1cnccc1C(F)(F)F. The Balaban J connectivity index is 2.75. The van der Waals surface area contributed by atoms with E-state index >= 15 is 0 Å². The highest BCUT2D eigenvalue weighted by Gasteiger charge is 2.36. The van der Waals surface area contributed by atoms with Crippen molar-refractivity contribution in [2.45, 2.75) is 44.8 Å². The van der Waals surface area contributed by atoms with Crippen LogP contribution in [0.5, 0.6) is 0 Å². The van der Waals surface area contributed by atoms with Crippen molar-refractivity contribution in [1.29, 1.82) is 0 Å². The summed E-state index contributed by atoms with van der Waals surface area (Å²) in [6.07, 6.45) is -7.32. The van der Waals surface area contributed by atoms with Gasteiger partial charge < -0.3 is 20.3 Å². The van der Waals surface area contributed by atoms with Crippen LogP contribution in [-0.2, 0) is 10.9 Å². The number of amides is 1. The molecule has 0 aliphatic heterocycles. The van der Waals surface area contributed by atoms with Crippen molar-refractivity contribution in [3.63, 3.8) is 0 Å². The van der Waals surface area contributed by atoms with Crippen LogP contribution >= 0.6 is 0 Å². The quantitative estimate of drug-likeness (QED) is 0.782. The third-order valence-electron chi connectivity index (χ3n) is 2.69. The number of alkyl halides is 3. The molecule has 9 heteroatoms. The number of aliphatic hydroxyl groups is 2. The summed E-state index contributed by atoms with van der Waals surface area (Å²) in [5.74, 6) is 0. The van der Waals surface area contributed by atoms with Crippen molar-refractivity contribution >= 4 is 6.09 Å². The molecule has 1 aromatic rings. The van der Waals surface area contributed by atoms with Gasteiger partial charge in [-0.25, -0.2) is 4.79 Å². The van der Waals surface area contributed by atoms with Crippen LogP contribution in [0.4, 0.5) is 18.0 Å². The topological polar surface area (TPSA) is 91.7 Å². The number of halogens is 3. The Hall–Kier alpha value is -1.87. The second-order valence-electron chi connectivity index (χ2n) is 5.86. The van der Waals surface area contributed by atoms with E-state index in [1.54, 1.807) is 20.8 Å². The van der Waals surface area contributed by atoms with E-state index in [0.717, 1.165) is 12.4 Å². The lowest BCUT2D eigenvalue weighted by atomic mass is 10.0. The molecular formula is C14H19F3N2O4. The van der Waals surface area contributed by atoms with E-state index in [0.29, 0.717) is 6.07 Å². The summed E-state index contributed by atoms with van der Waals surface area (Å²) in [5.41, 5.74) is -2.43. The van der Waals surface area contributed by atoms with E-state index in [2.05, 4.69) is 10.3 Å². The maximum Gasteiger partial charge on any atom is 0.416 e. The first-order chi connectivity index (χ1) is 10.4. The first-order valence-electron chi connectivity index (χ1n) is 6.76. The number of hydrogen-bond acceptors (Lipinski definition) is 5. The van der Waals surface area contributed by atoms with Gasteiger partial charge in [0.15, 0.2) is 0 Å². The summed E-state index contributed by atoms with van der Waals surface area (Å²) in [5, 5.41) is 21.9. The van der Waals surface area contributed by atoms with Crippen molar-refractivity contribution in [1.82, 2.24) is 10.3 Å². The zero-order valence-corrected chi connectivity index (χ0v) is 12.9. The lowest BCUT2D eigenvalue weighted by Crippen LogP contribution is -2.39. The Labute approximate surface area is 131 Å². The predicted molar refractivity (Wildman–Crippen MR) is 74.4 cm³/mol. The molecule has 1 heterocycles. The van der Waals surface area contributed by atoms with E-state index in [1.165, 1.54) is 0 Å². The van der Waals surface area contributed by atoms with Gasteiger partial charge in [-0.3, -0.25) is 4.98 Å². The smallest absolute Gasteiger partial charge is 0.416 e. The molecule has 130 valence electrons. The number of pyridine rings is 1. The van der Waals surface area contributed by atoms with Crippen molar-refractivity contribution in [2.75, 3.05) is 6.54 Å². The largest absolute Gasteiger partial charge is 0.444 e. The average molecular weight is 336 g/mol. The lowest BCUT2D eigenvalue weighted by Gasteiger charge is -2.23. The summed E-state index contributed by atoms with van der Waals surface area (Å²) in [6, 6.07) is 0.701. The average Bonchev–Trinajstić information content (AvgIpc) is 2.41. The fraction of sp³-hybridized carbons (Fsp3) is 0.571. The van der Waals surface area contributed by atoms with Gasteiger partial charge in [-0.15, -0.1) is 0 Å². The Morgan fingerprint density at radius 1 is 1.35 bits per heavy atom. The highest BCUT2D eigenvalue weighted by molar-refractivity contribution is 5.67. The van der Waals surface area contributed by atoms with Gasteiger partial charge in [-0.05, 0) is 26.8 Å². The zero-order valence-electron chi connectivity index (χ0n) is 12.9. The normalized spacial score (nSPS) is 15.0. The van der Waals surface area contributed by atoms with Crippen molar-refractivity contribution in [3.05, 3.63) is 29.6 Å². The number of nitrogens with one attached hydrogen (secondary N) is 1. The molecule has 0 aliphatic rings. The Morgan fingerprint density at radius 2 is 1.96 bits per heavy atom. The molecule has 1 rings (SSSR count). The van der Waals surface area contributed by atoms with Gasteiger partial charge >= 0.3 is 12.3 Å². The van der Waals surface area contributed by atoms with Gasteiger partial charge in [0, 0.05) is 24.5 Å². The number of carbonyl (C=O) groups excluding carboxylic acids is 1. The Morgan fingerprint density at radius 3 is 2.48 bits per heavy atom. The van der Waals surface area contributed by atoms with Crippen LogP contribution in [-0.4, -0.2) is 39.5 Å². The molecule has 0 spiro atoms. The van der Waals surface area contributed by atoms with Crippen molar-refractivity contribution in [2.24, 2.45) is 0 Å². The molecular weight excluding hydrogens is 317 g/mol. The maximum atomic E-state index is 12.9. The number of rotatable bonds is 4. The zero-order chi connectivity index (χ0) is 17.8. The monoisotopic (exact) mass is 336 g/mol. The molecule has 0 saturated carbocycles. The predicted octanol–water partition coefficient (Wildman–Crippen LogP) is 2.02. The molecule has 23 heavy (non-hydrogen) atoms. The summed E-state index contributed by atoms with van der Waals surface area (Å²) in [4.78, 5) is 15.0. The highest BCUT2D eigenvalue weighted by Crippen LogP contribution is 2.34. The summed E-state index contributed by atoms with van der Waals surface area (Å²) < 4.78 is 43.5. The van der Waals surface area contributed by atoms with Crippen LogP contribution in [0.25, 0.3) is 0 Å². The Kier molecular flexibility index (Phi) is 5.95. The van der Waals surface area contributed by atoms with Gasteiger partial charge in [0.2, 0.25) is 0 Å². The van der Waals surface area contributed by atoms with E-state index in [4.69, 9.17) is 4.74 Å². The van der Waals surface area contributed by atoms with E-state index in [-0.39, 0.29) is 0 Å². The molecule has 0 bridgehead atoms. The van der Waals surface area contributed by atoms with Gasteiger partial charge in [-0.2, -0.15) is 13.2 Å². The molecule has 0 aliphatic carbocycles. The third-order valence-corrected chi connectivity index (χ3v) is 2.69. The first-order valence-corrected chi connectivity index (χ1v) is 6.76. The molecule has 1 aromatic heterocycles. The van der Waals surface area contributed by atoms with Gasteiger partial charge in [0.25, 0.3) is 0 Å². The second kappa shape index (κ2) is 7.14. The minimum Gasteiger partial charge on any atom is -0.444 e. The minimum absolute atomic E-state index is 0.484. The number of aliphatic hydroxyl groups excluding tert-OH is 2. The molecule has 0 radical (unpaired) electrons. The third kappa shape index (κ3) is 6.03. The first kappa shape index (κ1) is 19.2. The number of aromatic nitrogens is 1. The van der Waals surface area contributed by atoms with E-state index < -0.39 is 47.8 Å². The number of alkyl carbamates (subject to hydrolysis) is 1. The summed E-state index contributed by atoms with van der Waals surface area (Å²) in [7, 11) is 0. The standard InChI is InChI=1S/C14H19F3N2O4/c1-13(2,3)23-12(22)19-7-10(20)11(21)8-6-18-5-4-9(8)14(15,16)17/h4-6,10-11,20-21H,7H2,1-3H3,(H,19,22). The number of carbonyl (C=O) groups is 1. The summed E-state index contributed by atoms with van der Waals surface area (Å²) >= 11 is 0. The van der Waals surface area contributed by atoms with Gasteiger partial charge in [-0.1, -0.05) is 0 Å². The molecule has 0 aromatic carbocycles. The summed E-state index contributed by atoms with van der Waals surface area (Å²) in [6.45, 7) is 4.40. The van der Waals surface area contributed by atoms with E-state index in [1.807, 2.05) is 0 Å². The van der Waals surface area contributed by atoms with Crippen molar-refractivity contribution < 1.29 is 32.9 Å². The van der Waals surface area contributed by atoms with Crippen LogP contribution in [0.3, 0.4) is 0 Å². The minimum atomic E-state index is -4.70. The van der Waals surface area contributed by atoms with Crippen molar-refractivity contribution in [3.8, 4) is 0 Å². The number of nitrogens with zero attached hydrogens (tertiary/aromatic N) is 1. The van der Waals surface area contributed by atoms with Crippen LogP contribution in [0.2, 0.25) is 0 Å². The molecule has 0 fully saturated rings. The fourth-order valence-corrected chi connectivity index (χ4v) is 1.72. The lowest BCUT2D eigenvalue weighted by molar-refractivity contribution is -0.140. The maximum absolute atomic E-state index is 12.9. The van der Waals surface area contributed by atoms with Crippen LogP contribution in [0, 0.1) is 0 Å². The molecule has 3 N–H and O–H groups in total. The number of hydrogen-bond donors (Lipinski definition) is 3. The Bertz CT molecular complexity index is 544. The van der Waals surface area contributed by atoms with Crippen LogP contribution in [0.1, 0.15) is 38.0 Å². The molecule has 0 saturated heterocycles.